The van der Waals surface area contributed by atoms with E-state index in [0.29, 0.717) is 6.61 Å². The van der Waals surface area contributed by atoms with Gasteiger partial charge in [0.15, 0.2) is 5.96 Å². The number of aryl methyl sites for hydroxylation is 1. The molecule has 4 rings (SSSR count). The lowest BCUT2D eigenvalue weighted by Crippen LogP contribution is -2.49. The van der Waals surface area contributed by atoms with E-state index in [9.17, 15) is 4.39 Å². The van der Waals surface area contributed by atoms with Crippen LogP contribution in [0.2, 0.25) is 0 Å². The second kappa shape index (κ2) is 7.31. The first-order valence-corrected chi connectivity index (χ1v) is 9.41. The molecule has 1 aromatic carbocycles. The molecule has 1 atom stereocenters. The summed E-state index contributed by atoms with van der Waals surface area (Å²) in [7, 11) is 3.73. The Labute approximate surface area is 159 Å². The van der Waals surface area contributed by atoms with Crippen molar-refractivity contribution in [1.82, 2.24) is 20.0 Å². The van der Waals surface area contributed by atoms with Crippen molar-refractivity contribution in [1.29, 1.82) is 0 Å². The number of aliphatic imine (C=N–C) groups is 1. The number of halogens is 1. The SMILES string of the molecule is CN=C(NCC1(c2ccc(F)cc2)CC1)N1CCOC(c2cnn(C)c2)C1. The van der Waals surface area contributed by atoms with Gasteiger partial charge in [-0.2, -0.15) is 5.10 Å². The summed E-state index contributed by atoms with van der Waals surface area (Å²) in [6.07, 6.45) is 6.09. The van der Waals surface area contributed by atoms with Crippen LogP contribution in [0.3, 0.4) is 0 Å². The fraction of sp³-hybridized carbons (Fsp3) is 0.500. The fourth-order valence-electron chi connectivity index (χ4n) is 3.75. The molecular weight excluding hydrogens is 345 g/mol. The maximum absolute atomic E-state index is 13.2. The molecule has 144 valence electrons. The minimum absolute atomic E-state index is 0.00187. The largest absolute Gasteiger partial charge is 0.370 e. The zero-order chi connectivity index (χ0) is 18.9. The monoisotopic (exact) mass is 371 g/mol. The van der Waals surface area contributed by atoms with Crippen molar-refractivity contribution in [3.05, 3.63) is 53.6 Å². The number of guanidine groups is 1. The van der Waals surface area contributed by atoms with Gasteiger partial charge in [-0.05, 0) is 30.5 Å². The van der Waals surface area contributed by atoms with Crippen molar-refractivity contribution >= 4 is 5.96 Å². The molecule has 1 aliphatic carbocycles. The van der Waals surface area contributed by atoms with Crippen LogP contribution >= 0.6 is 0 Å². The molecule has 0 radical (unpaired) electrons. The summed E-state index contributed by atoms with van der Waals surface area (Å²) in [4.78, 5) is 6.72. The number of benzene rings is 1. The van der Waals surface area contributed by atoms with Crippen LogP contribution in [-0.2, 0) is 17.2 Å². The first-order valence-electron chi connectivity index (χ1n) is 9.41. The third-order valence-electron chi connectivity index (χ3n) is 5.57. The van der Waals surface area contributed by atoms with E-state index in [1.54, 1.807) is 16.8 Å². The maximum atomic E-state index is 13.2. The van der Waals surface area contributed by atoms with E-state index >= 15 is 0 Å². The average molecular weight is 371 g/mol. The normalized spacial score (nSPS) is 22.0. The molecule has 2 aliphatic rings. The third kappa shape index (κ3) is 3.83. The van der Waals surface area contributed by atoms with Gasteiger partial charge in [-0.15, -0.1) is 0 Å². The Morgan fingerprint density at radius 1 is 1.37 bits per heavy atom. The maximum Gasteiger partial charge on any atom is 0.193 e. The Morgan fingerprint density at radius 2 is 2.15 bits per heavy atom. The van der Waals surface area contributed by atoms with Crippen LogP contribution in [0.1, 0.15) is 30.1 Å². The molecule has 1 unspecified atom stereocenters. The van der Waals surface area contributed by atoms with Crippen LogP contribution in [0.5, 0.6) is 0 Å². The Kier molecular flexibility index (Phi) is 4.86. The number of rotatable bonds is 4. The molecule has 1 N–H and O–H groups in total. The van der Waals surface area contributed by atoms with Gasteiger partial charge in [0.05, 0.1) is 19.3 Å². The van der Waals surface area contributed by atoms with Crippen molar-refractivity contribution in [3.63, 3.8) is 0 Å². The summed E-state index contributed by atoms with van der Waals surface area (Å²) in [6.45, 7) is 3.01. The zero-order valence-electron chi connectivity index (χ0n) is 15.9. The van der Waals surface area contributed by atoms with Gasteiger partial charge in [0, 0.05) is 44.4 Å². The molecule has 0 bridgehead atoms. The highest BCUT2D eigenvalue weighted by Crippen LogP contribution is 2.47. The molecule has 7 heteroatoms. The van der Waals surface area contributed by atoms with Crippen LogP contribution in [0, 0.1) is 5.82 Å². The highest BCUT2D eigenvalue weighted by atomic mass is 19.1. The van der Waals surface area contributed by atoms with Gasteiger partial charge in [0.1, 0.15) is 11.9 Å². The number of nitrogens with one attached hydrogen (secondary N) is 1. The van der Waals surface area contributed by atoms with Crippen LogP contribution < -0.4 is 5.32 Å². The van der Waals surface area contributed by atoms with Crippen LogP contribution in [0.4, 0.5) is 4.39 Å². The molecule has 1 aromatic heterocycles. The number of nitrogens with zero attached hydrogens (tertiary/aromatic N) is 4. The van der Waals surface area contributed by atoms with Crippen LogP contribution in [0.15, 0.2) is 41.7 Å². The summed E-state index contributed by atoms with van der Waals surface area (Å²) in [6, 6.07) is 6.90. The summed E-state index contributed by atoms with van der Waals surface area (Å²) < 4.78 is 20.9. The standard InChI is InChI=1S/C20H26FN5O/c1-22-19(23-14-20(7-8-20)16-3-5-17(21)6-4-16)26-9-10-27-18(13-26)15-11-24-25(2)12-15/h3-6,11-12,18H,7-10,13-14H2,1-2H3,(H,22,23). The van der Waals surface area contributed by atoms with Gasteiger partial charge in [-0.3, -0.25) is 9.67 Å². The molecule has 2 heterocycles. The highest BCUT2D eigenvalue weighted by molar-refractivity contribution is 5.80. The Bertz CT molecular complexity index is 812. The molecule has 0 spiro atoms. The summed E-state index contributed by atoms with van der Waals surface area (Å²) in [5, 5.41) is 7.78. The first kappa shape index (κ1) is 18.0. The van der Waals surface area contributed by atoms with E-state index in [1.807, 2.05) is 38.6 Å². The number of morpholine rings is 1. The second-order valence-corrected chi connectivity index (χ2v) is 7.44. The molecule has 1 saturated carbocycles. The molecular formula is C20H26FN5O. The van der Waals surface area contributed by atoms with Crippen LogP contribution in [-0.4, -0.2) is 53.9 Å². The summed E-state index contributed by atoms with van der Waals surface area (Å²) >= 11 is 0. The topological polar surface area (TPSA) is 54.7 Å². The quantitative estimate of drug-likeness (QED) is 0.662. The first-order chi connectivity index (χ1) is 13.1. The minimum atomic E-state index is -0.187. The van der Waals surface area contributed by atoms with Gasteiger partial charge in [-0.25, -0.2) is 4.39 Å². The molecule has 1 aliphatic heterocycles. The lowest BCUT2D eigenvalue weighted by atomic mass is 9.96. The molecule has 27 heavy (non-hydrogen) atoms. The van der Waals surface area contributed by atoms with Crippen molar-refractivity contribution in [2.24, 2.45) is 12.0 Å². The Morgan fingerprint density at radius 3 is 2.78 bits per heavy atom. The number of aromatic nitrogens is 2. The number of hydrogen-bond acceptors (Lipinski definition) is 3. The smallest absolute Gasteiger partial charge is 0.193 e. The van der Waals surface area contributed by atoms with E-state index in [4.69, 9.17) is 4.74 Å². The van der Waals surface area contributed by atoms with Gasteiger partial charge < -0.3 is 15.0 Å². The Hall–Kier alpha value is -2.41. The van der Waals surface area contributed by atoms with Crippen molar-refractivity contribution in [2.75, 3.05) is 33.3 Å². The van der Waals surface area contributed by atoms with Crippen molar-refractivity contribution in [3.8, 4) is 0 Å². The molecule has 0 amide bonds. The predicted molar refractivity (Wildman–Crippen MR) is 102 cm³/mol. The van der Waals surface area contributed by atoms with Crippen LogP contribution in [0.25, 0.3) is 0 Å². The summed E-state index contributed by atoms with van der Waals surface area (Å²) in [5.74, 6) is 0.702. The van der Waals surface area contributed by atoms with Crippen molar-refractivity contribution in [2.45, 2.75) is 24.4 Å². The fourth-order valence-corrected chi connectivity index (χ4v) is 3.75. The summed E-state index contributed by atoms with van der Waals surface area (Å²) in [5.41, 5.74) is 2.38. The average Bonchev–Trinajstić information content (AvgIpc) is 3.35. The van der Waals surface area contributed by atoms with Crippen molar-refractivity contribution < 1.29 is 9.13 Å². The second-order valence-electron chi connectivity index (χ2n) is 7.44. The van der Waals surface area contributed by atoms with E-state index in [-0.39, 0.29) is 17.3 Å². The van der Waals surface area contributed by atoms with E-state index < -0.39 is 0 Å². The number of hydrogen-bond donors (Lipinski definition) is 1. The van der Waals surface area contributed by atoms with Gasteiger partial charge in [-0.1, -0.05) is 12.1 Å². The number of ether oxygens (including phenoxy) is 1. The predicted octanol–water partition coefficient (Wildman–Crippen LogP) is 2.24. The minimum Gasteiger partial charge on any atom is -0.370 e. The Balaban J connectivity index is 1.40. The zero-order valence-corrected chi connectivity index (χ0v) is 15.9. The lowest BCUT2D eigenvalue weighted by molar-refractivity contribution is -0.00805. The van der Waals surface area contributed by atoms with Gasteiger partial charge in [0.25, 0.3) is 0 Å². The van der Waals surface area contributed by atoms with Gasteiger partial charge in [0.2, 0.25) is 0 Å². The molecule has 2 aromatic rings. The van der Waals surface area contributed by atoms with E-state index in [2.05, 4.69) is 20.3 Å². The van der Waals surface area contributed by atoms with E-state index in [0.717, 1.165) is 44.0 Å². The van der Waals surface area contributed by atoms with Gasteiger partial charge >= 0.3 is 0 Å². The molecule has 1 saturated heterocycles. The third-order valence-corrected chi connectivity index (χ3v) is 5.57. The van der Waals surface area contributed by atoms with E-state index in [1.165, 1.54) is 5.56 Å². The highest BCUT2D eigenvalue weighted by Gasteiger charge is 2.44. The molecule has 6 nitrogen and oxygen atoms in total. The lowest BCUT2D eigenvalue weighted by Gasteiger charge is -2.35. The molecule has 2 fully saturated rings.